The van der Waals surface area contributed by atoms with Crippen molar-refractivity contribution >= 4 is 45.2 Å². The molecule has 1 heterocycles. The lowest BCUT2D eigenvalue weighted by Crippen LogP contribution is -2.35. The largest absolute Gasteiger partial charge is 0.328 e. The molecule has 0 aromatic carbocycles. The van der Waals surface area contributed by atoms with E-state index in [1.165, 1.54) is 0 Å². The molecule has 6 heteroatoms. The Morgan fingerprint density at radius 1 is 1.09 bits per heavy atom. The van der Waals surface area contributed by atoms with Crippen LogP contribution in [-0.4, -0.2) is 27.1 Å². The van der Waals surface area contributed by atoms with Gasteiger partial charge in [-0.1, -0.05) is 0 Å². The van der Waals surface area contributed by atoms with Crippen LogP contribution in [0.3, 0.4) is 0 Å². The van der Waals surface area contributed by atoms with E-state index in [0.717, 1.165) is 0 Å². The van der Waals surface area contributed by atoms with Crippen molar-refractivity contribution in [2.75, 3.05) is 13.1 Å². The lowest BCUT2D eigenvalue weighted by Gasteiger charge is -2.11. The number of rotatable bonds is 2. The number of alkyl halides is 2. The van der Waals surface area contributed by atoms with Crippen molar-refractivity contribution < 1.29 is 9.47 Å². The first kappa shape index (κ1) is 10.4. The van der Waals surface area contributed by atoms with Crippen molar-refractivity contribution in [3.63, 3.8) is 0 Å². The summed E-state index contributed by atoms with van der Waals surface area (Å²) in [6, 6.07) is 0. The molecule has 4 nitrogen and oxygen atoms in total. The van der Waals surface area contributed by atoms with Crippen LogP contribution < -0.4 is 11.5 Å². The number of hydrogen-bond acceptors (Lipinski definition) is 4. The molecule has 2 atom stereocenters. The highest BCUT2D eigenvalue weighted by atomic mass is 127. The highest BCUT2D eigenvalue weighted by molar-refractivity contribution is 14.2. The normalized spacial score (nSPS) is 36.0. The van der Waals surface area contributed by atoms with Crippen LogP contribution in [0.4, 0.5) is 0 Å². The number of nitrogens with two attached hydrogens (primary N) is 2. The molecule has 1 saturated heterocycles. The van der Waals surface area contributed by atoms with E-state index in [-0.39, 0.29) is 12.2 Å². The van der Waals surface area contributed by atoms with E-state index in [0.29, 0.717) is 13.1 Å². The van der Waals surface area contributed by atoms with Gasteiger partial charge >= 0.3 is 0 Å². The van der Waals surface area contributed by atoms with Crippen LogP contribution in [0, 0.1) is 0 Å². The number of ether oxygens (including phenoxy) is 2. The van der Waals surface area contributed by atoms with Gasteiger partial charge in [-0.05, 0) is 0 Å². The van der Waals surface area contributed by atoms with Gasteiger partial charge in [0, 0.05) is 58.3 Å². The molecule has 0 spiro atoms. The minimum absolute atomic E-state index is 0.0613. The van der Waals surface area contributed by atoms with Crippen LogP contribution in [0.25, 0.3) is 0 Å². The van der Waals surface area contributed by atoms with Crippen molar-refractivity contribution in [3.8, 4) is 0 Å². The maximum atomic E-state index is 5.45. The molecule has 1 aliphatic rings. The Morgan fingerprint density at radius 2 is 1.45 bits per heavy atom. The highest BCUT2D eigenvalue weighted by Crippen LogP contribution is 2.39. The van der Waals surface area contributed by atoms with Gasteiger partial charge in [-0.2, -0.15) is 0 Å². The van der Waals surface area contributed by atoms with Crippen LogP contribution in [0.1, 0.15) is 0 Å². The number of hydrogen-bond donors (Lipinski definition) is 2. The summed E-state index contributed by atoms with van der Waals surface area (Å²) in [6.45, 7) is 0.908. The molecule has 0 bridgehead atoms. The molecule has 0 aromatic rings. The van der Waals surface area contributed by atoms with Crippen molar-refractivity contribution in [2.45, 2.75) is 14.0 Å². The third kappa shape index (κ3) is 2.62. The topological polar surface area (TPSA) is 70.5 Å². The van der Waals surface area contributed by atoms with Gasteiger partial charge in [0.05, 0.1) is 0 Å². The first-order valence-corrected chi connectivity index (χ1v) is 5.38. The Morgan fingerprint density at radius 3 is 1.73 bits per heavy atom. The van der Waals surface area contributed by atoms with Gasteiger partial charge in [0.2, 0.25) is 0 Å². The zero-order valence-electron chi connectivity index (χ0n) is 5.80. The summed E-state index contributed by atoms with van der Waals surface area (Å²) in [4.78, 5) is 0. The van der Waals surface area contributed by atoms with Gasteiger partial charge in [-0.3, -0.25) is 0 Å². The highest BCUT2D eigenvalue weighted by Gasteiger charge is 2.42. The smallest absolute Gasteiger partial charge is 0.275 e. The minimum atomic E-state index is -0.580. The molecule has 1 rings (SSSR count). The predicted molar refractivity (Wildman–Crippen MR) is 58.6 cm³/mol. The summed E-state index contributed by atoms with van der Waals surface area (Å²) >= 11 is 4.15. The van der Waals surface area contributed by atoms with Crippen molar-refractivity contribution in [1.82, 2.24) is 0 Å². The lowest BCUT2D eigenvalue weighted by molar-refractivity contribution is 0.00730. The van der Waals surface area contributed by atoms with Gasteiger partial charge in [-0.25, -0.2) is 0 Å². The fourth-order valence-electron chi connectivity index (χ4n) is 0.932. The molecule has 0 saturated carbocycles. The predicted octanol–water partition coefficient (Wildman–Crippen LogP) is 0.169. The van der Waals surface area contributed by atoms with Gasteiger partial charge < -0.3 is 20.9 Å². The summed E-state index contributed by atoms with van der Waals surface area (Å²) in [5.41, 5.74) is 10.9. The zero-order valence-corrected chi connectivity index (χ0v) is 10.1. The molecule has 0 aromatic heterocycles. The number of halogens is 2. The molecule has 11 heavy (non-hydrogen) atoms. The first-order chi connectivity index (χ1) is 5.09. The average molecular weight is 384 g/mol. The van der Waals surface area contributed by atoms with E-state index in [2.05, 4.69) is 45.2 Å². The minimum Gasteiger partial charge on any atom is -0.328 e. The quantitative estimate of drug-likeness (QED) is 0.526. The Bertz CT molecular complexity index is 130. The van der Waals surface area contributed by atoms with Crippen molar-refractivity contribution in [3.05, 3.63) is 0 Å². The summed E-state index contributed by atoms with van der Waals surface area (Å²) in [6.07, 6.45) is -0.123. The Kier molecular flexibility index (Phi) is 3.78. The molecule has 4 N–H and O–H groups in total. The van der Waals surface area contributed by atoms with E-state index < -0.39 is 1.80 Å². The van der Waals surface area contributed by atoms with Gasteiger partial charge in [-0.15, -0.1) is 0 Å². The monoisotopic (exact) mass is 384 g/mol. The summed E-state index contributed by atoms with van der Waals surface area (Å²) < 4.78 is 10.3. The molecule has 1 fully saturated rings. The molecule has 0 unspecified atom stereocenters. The van der Waals surface area contributed by atoms with Crippen LogP contribution in [0.15, 0.2) is 0 Å². The molecular weight excluding hydrogens is 374 g/mol. The van der Waals surface area contributed by atoms with Crippen LogP contribution >= 0.6 is 45.2 Å². The van der Waals surface area contributed by atoms with Gasteiger partial charge in [0.15, 0.2) is 0 Å². The Labute approximate surface area is 92.6 Å². The Hall–Kier alpha value is 1.30. The fraction of sp³-hybridized carbons (Fsp3) is 1.00. The second-order valence-corrected chi connectivity index (χ2v) is 7.15. The standard InChI is InChI=1S/C5H10I2N2O2/c6-5(7)10-3(1-8)4(2-9)11-5/h3-4H,1-2,8-9H2/t3-,4-/m1/s1. The molecule has 66 valence electrons. The Balaban J connectivity index is 2.55. The maximum absolute atomic E-state index is 5.45. The third-order valence-electron chi connectivity index (χ3n) is 1.46. The fourth-order valence-corrected chi connectivity index (χ4v) is 2.24. The van der Waals surface area contributed by atoms with E-state index in [9.17, 15) is 0 Å². The van der Waals surface area contributed by atoms with E-state index in [1.807, 2.05) is 0 Å². The third-order valence-corrected chi connectivity index (χ3v) is 2.47. The first-order valence-electron chi connectivity index (χ1n) is 3.22. The summed E-state index contributed by atoms with van der Waals surface area (Å²) in [5, 5.41) is 0. The van der Waals surface area contributed by atoms with Crippen LogP contribution in [0.2, 0.25) is 0 Å². The van der Waals surface area contributed by atoms with Crippen molar-refractivity contribution in [1.29, 1.82) is 0 Å². The second kappa shape index (κ2) is 4.01. The van der Waals surface area contributed by atoms with Crippen molar-refractivity contribution in [2.24, 2.45) is 11.5 Å². The summed E-state index contributed by atoms with van der Waals surface area (Å²) in [5.74, 6) is 0. The second-order valence-electron chi connectivity index (χ2n) is 2.25. The van der Waals surface area contributed by atoms with Crippen LogP contribution in [0.5, 0.6) is 0 Å². The molecule has 0 radical (unpaired) electrons. The lowest BCUT2D eigenvalue weighted by atomic mass is 10.2. The van der Waals surface area contributed by atoms with E-state index in [4.69, 9.17) is 20.9 Å². The molecular formula is C5H10I2N2O2. The van der Waals surface area contributed by atoms with Gasteiger partial charge in [0.25, 0.3) is 1.80 Å². The molecule has 0 amide bonds. The summed E-state index contributed by atoms with van der Waals surface area (Å²) in [7, 11) is 0. The zero-order chi connectivity index (χ0) is 8.48. The SMILES string of the molecule is NC[C@H]1OC(I)(I)O[C@@H]1CN. The molecule has 1 aliphatic heterocycles. The van der Waals surface area contributed by atoms with E-state index in [1.54, 1.807) is 0 Å². The maximum Gasteiger partial charge on any atom is 0.275 e. The molecule has 0 aliphatic carbocycles. The van der Waals surface area contributed by atoms with Crippen LogP contribution in [-0.2, 0) is 9.47 Å². The van der Waals surface area contributed by atoms with Gasteiger partial charge in [0.1, 0.15) is 12.2 Å². The average Bonchev–Trinajstić information content (AvgIpc) is 2.25. The van der Waals surface area contributed by atoms with E-state index >= 15 is 0 Å².